The molecule has 3 rings (SSSR count). The number of aromatic nitrogens is 3. The van der Waals surface area contributed by atoms with Gasteiger partial charge in [-0.15, -0.1) is 5.10 Å². The molecule has 1 aliphatic rings. The van der Waals surface area contributed by atoms with Crippen molar-refractivity contribution in [1.29, 1.82) is 0 Å². The Bertz CT molecular complexity index is 748. The van der Waals surface area contributed by atoms with Crippen LogP contribution in [0.1, 0.15) is 28.9 Å². The summed E-state index contributed by atoms with van der Waals surface area (Å²) in [7, 11) is 0. The monoisotopic (exact) mass is 314 g/mol. The number of amides is 1. The van der Waals surface area contributed by atoms with Crippen LogP contribution in [0.4, 0.5) is 0 Å². The SMILES string of the molecule is Cc1cccc(-c2c(C(=O)O)nnn2CC(=O)N2CCCC2)c1. The number of hydrogen-bond donors (Lipinski definition) is 1. The summed E-state index contributed by atoms with van der Waals surface area (Å²) in [5, 5.41) is 17.0. The third-order valence-corrected chi connectivity index (χ3v) is 3.97. The molecule has 1 aliphatic heterocycles. The van der Waals surface area contributed by atoms with E-state index in [4.69, 9.17) is 0 Å². The van der Waals surface area contributed by atoms with Gasteiger partial charge in [0.05, 0.1) is 0 Å². The number of carbonyl (C=O) groups excluding carboxylic acids is 1. The number of likely N-dealkylation sites (tertiary alicyclic amines) is 1. The number of nitrogens with zero attached hydrogens (tertiary/aromatic N) is 4. The van der Waals surface area contributed by atoms with Crippen LogP contribution < -0.4 is 0 Å². The number of hydrogen-bond acceptors (Lipinski definition) is 4. The molecular weight excluding hydrogens is 296 g/mol. The minimum Gasteiger partial charge on any atom is -0.476 e. The average molecular weight is 314 g/mol. The Balaban J connectivity index is 1.97. The second-order valence-corrected chi connectivity index (χ2v) is 5.71. The summed E-state index contributed by atoms with van der Waals surface area (Å²) in [4.78, 5) is 25.5. The summed E-state index contributed by atoms with van der Waals surface area (Å²) in [6.45, 7) is 3.43. The van der Waals surface area contributed by atoms with Gasteiger partial charge in [0.1, 0.15) is 12.2 Å². The lowest BCUT2D eigenvalue weighted by molar-refractivity contribution is -0.130. The molecule has 0 spiro atoms. The standard InChI is InChI=1S/C16H18N4O3/c1-11-5-4-6-12(9-11)15-14(16(22)23)17-18-20(15)10-13(21)19-7-2-3-8-19/h4-6,9H,2-3,7-8,10H2,1H3,(H,22,23). The Labute approximate surface area is 133 Å². The lowest BCUT2D eigenvalue weighted by Gasteiger charge is -2.16. The van der Waals surface area contributed by atoms with Crippen LogP contribution in [-0.4, -0.2) is 50.0 Å². The first-order valence-corrected chi connectivity index (χ1v) is 7.58. The van der Waals surface area contributed by atoms with Crippen molar-refractivity contribution >= 4 is 11.9 Å². The number of benzene rings is 1. The number of carboxylic acids is 1. The maximum atomic E-state index is 12.3. The molecule has 2 heterocycles. The van der Waals surface area contributed by atoms with E-state index in [9.17, 15) is 14.7 Å². The lowest BCUT2D eigenvalue weighted by atomic mass is 10.1. The topological polar surface area (TPSA) is 88.3 Å². The van der Waals surface area contributed by atoms with Crippen LogP contribution in [0.15, 0.2) is 24.3 Å². The third-order valence-electron chi connectivity index (χ3n) is 3.97. The van der Waals surface area contributed by atoms with Gasteiger partial charge in [0, 0.05) is 18.7 Å². The van der Waals surface area contributed by atoms with E-state index in [1.54, 1.807) is 11.0 Å². The molecule has 0 radical (unpaired) electrons. The summed E-state index contributed by atoms with van der Waals surface area (Å²) in [5.41, 5.74) is 1.93. The van der Waals surface area contributed by atoms with E-state index in [0.29, 0.717) is 11.3 Å². The zero-order chi connectivity index (χ0) is 16.4. The first-order chi connectivity index (χ1) is 11.1. The molecule has 120 valence electrons. The van der Waals surface area contributed by atoms with Crippen molar-refractivity contribution in [2.24, 2.45) is 0 Å². The van der Waals surface area contributed by atoms with Crippen LogP contribution in [-0.2, 0) is 11.3 Å². The van der Waals surface area contributed by atoms with E-state index in [1.807, 2.05) is 25.1 Å². The van der Waals surface area contributed by atoms with Crippen LogP contribution >= 0.6 is 0 Å². The number of aromatic carboxylic acids is 1. The molecule has 1 aromatic heterocycles. The second-order valence-electron chi connectivity index (χ2n) is 5.71. The summed E-state index contributed by atoms with van der Waals surface area (Å²) < 4.78 is 1.39. The van der Waals surface area contributed by atoms with E-state index < -0.39 is 5.97 Å². The molecule has 23 heavy (non-hydrogen) atoms. The number of carboxylic acid groups (broad SMARTS) is 1. The fourth-order valence-electron chi connectivity index (χ4n) is 2.84. The van der Waals surface area contributed by atoms with Crippen LogP contribution in [0.2, 0.25) is 0 Å². The van der Waals surface area contributed by atoms with Gasteiger partial charge in [-0.05, 0) is 25.8 Å². The molecule has 2 aromatic rings. The Morgan fingerprint density at radius 1 is 1.26 bits per heavy atom. The van der Waals surface area contributed by atoms with Gasteiger partial charge in [-0.25, -0.2) is 9.48 Å². The normalized spacial score (nSPS) is 14.2. The smallest absolute Gasteiger partial charge is 0.358 e. The highest BCUT2D eigenvalue weighted by Crippen LogP contribution is 2.23. The van der Waals surface area contributed by atoms with Crippen LogP contribution in [0.5, 0.6) is 0 Å². The van der Waals surface area contributed by atoms with Crippen molar-refractivity contribution in [1.82, 2.24) is 19.9 Å². The average Bonchev–Trinajstić information content (AvgIpc) is 3.16. The van der Waals surface area contributed by atoms with Crippen LogP contribution in [0.25, 0.3) is 11.3 Å². The zero-order valence-corrected chi connectivity index (χ0v) is 12.9. The molecule has 0 saturated carbocycles. The van der Waals surface area contributed by atoms with Crippen molar-refractivity contribution in [2.45, 2.75) is 26.3 Å². The lowest BCUT2D eigenvalue weighted by Crippen LogP contribution is -2.31. The van der Waals surface area contributed by atoms with Crippen molar-refractivity contribution in [2.75, 3.05) is 13.1 Å². The molecule has 0 unspecified atom stereocenters. The molecule has 7 heteroatoms. The summed E-state index contributed by atoms with van der Waals surface area (Å²) in [6.07, 6.45) is 2.02. The van der Waals surface area contributed by atoms with Gasteiger partial charge in [-0.3, -0.25) is 4.79 Å². The van der Waals surface area contributed by atoms with E-state index in [0.717, 1.165) is 31.5 Å². The minimum atomic E-state index is -1.15. The molecule has 1 fully saturated rings. The van der Waals surface area contributed by atoms with Gasteiger partial charge in [0.15, 0.2) is 5.69 Å². The van der Waals surface area contributed by atoms with Gasteiger partial charge in [-0.2, -0.15) is 0 Å². The highest BCUT2D eigenvalue weighted by molar-refractivity contribution is 5.93. The van der Waals surface area contributed by atoms with Gasteiger partial charge in [0.25, 0.3) is 0 Å². The Morgan fingerprint density at radius 2 is 2.00 bits per heavy atom. The Kier molecular flexibility index (Phi) is 4.10. The van der Waals surface area contributed by atoms with Gasteiger partial charge >= 0.3 is 5.97 Å². The highest BCUT2D eigenvalue weighted by atomic mass is 16.4. The largest absolute Gasteiger partial charge is 0.476 e. The molecule has 1 saturated heterocycles. The quantitative estimate of drug-likeness (QED) is 0.925. The Hall–Kier alpha value is -2.70. The first kappa shape index (κ1) is 15.2. The second kappa shape index (κ2) is 6.20. The van der Waals surface area contributed by atoms with Crippen LogP contribution in [0.3, 0.4) is 0 Å². The fraction of sp³-hybridized carbons (Fsp3) is 0.375. The van der Waals surface area contributed by atoms with Gasteiger partial charge < -0.3 is 10.0 Å². The van der Waals surface area contributed by atoms with Crippen LogP contribution in [0, 0.1) is 6.92 Å². The number of carbonyl (C=O) groups is 2. The van der Waals surface area contributed by atoms with E-state index in [1.165, 1.54) is 4.68 Å². The van der Waals surface area contributed by atoms with Gasteiger partial charge in [-0.1, -0.05) is 29.0 Å². The number of aryl methyl sites for hydroxylation is 1. The zero-order valence-electron chi connectivity index (χ0n) is 12.9. The van der Waals surface area contributed by atoms with E-state index in [2.05, 4.69) is 10.3 Å². The maximum absolute atomic E-state index is 12.3. The predicted molar refractivity (Wildman–Crippen MR) is 83.0 cm³/mol. The molecule has 0 bridgehead atoms. The van der Waals surface area contributed by atoms with E-state index in [-0.39, 0.29) is 18.1 Å². The van der Waals surface area contributed by atoms with Crippen molar-refractivity contribution in [3.63, 3.8) is 0 Å². The molecule has 0 atom stereocenters. The third kappa shape index (κ3) is 3.08. The van der Waals surface area contributed by atoms with E-state index >= 15 is 0 Å². The Morgan fingerprint density at radius 3 is 2.65 bits per heavy atom. The highest BCUT2D eigenvalue weighted by Gasteiger charge is 2.24. The summed E-state index contributed by atoms with van der Waals surface area (Å²) >= 11 is 0. The molecule has 1 N–H and O–H groups in total. The molecule has 1 aromatic carbocycles. The molecule has 0 aliphatic carbocycles. The number of rotatable bonds is 4. The molecular formula is C16H18N4O3. The van der Waals surface area contributed by atoms with Gasteiger partial charge in [0.2, 0.25) is 5.91 Å². The van der Waals surface area contributed by atoms with Crippen molar-refractivity contribution in [3.05, 3.63) is 35.5 Å². The predicted octanol–water partition coefficient (Wildman–Crippen LogP) is 1.57. The van der Waals surface area contributed by atoms with Crippen molar-refractivity contribution < 1.29 is 14.7 Å². The summed E-state index contributed by atoms with van der Waals surface area (Å²) in [6, 6.07) is 7.43. The minimum absolute atomic E-state index is 0.00353. The molecule has 7 nitrogen and oxygen atoms in total. The maximum Gasteiger partial charge on any atom is 0.358 e. The summed E-state index contributed by atoms with van der Waals surface area (Å²) in [5.74, 6) is -1.21. The molecule has 1 amide bonds. The fourth-order valence-corrected chi connectivity index (χ4v) is 2.84. The van der Waals surface area contributed by atoms with Crippen molar-refractivity contribution in [3.8, 4) is 11.3 Å². The first-order valence-electron chi connectivity index (χ1n) is 7.58.